The summed E-state index contributed by atoms with van der Waals surface area (Å²) in [6.45, 7) is 3.96. The number of methoxy groups -OCH3 is 1. The normalized spacial score (nSPS) is 10.8. The third-order valence-corrected chi connectivity index (χ3v) is 1.89. The molecule has 0 aliphatic carbocycles. The van der Waals surface area contributed by atoms with Crippen LogP contribution in [0.15, 0.2) is 23.3 Å². The largest absolute Gasteiger partial charge is 0.493 e. The zero-order chi connectivity index (χ0) is 12.0. The van der Waals surface area contributed by atoms with E-state index in [2.05, 4.69) is 10.5 Å². The third kappa shape index (κ3) is 3.46. The molecule has 16 heavy (non-hydrogen) atoms. The molecule has 0 aliphatic rings. The summed E-state index contributed by atoms with van der Waals surface area (Å²) in [6.07, 6.45) is 1.84. The molecule has 0 bridgehead atoms. The summed E-state index contributed by atoms with van der Waals surface area (Å²) >= 11 is 0. The van der Waals surface area contributed by atoms with E-state index in [-0.39, 0.29) is 6.10 Å². The van der Waals surface area contributed by atoms with E-state index in [1.165, 1.54) is 0 Å². The Kier molecular flexibility index (Phi) is 4.64. The molecule has 1 aromatic carbocycles. The molecule has 0 saturated heterocycles. The van der Waals surface area contributed by atoms with Gasteiger partial charge >= 0.3 is 0 Å². The summed E-state index contributed by atoms with van der Waals surface area (Å²) in [5.74, 6) is 1.47. The van der Waals surface area contributed by atoms with Crippen molar-refractivity contribution in [3.8, 4) is 11.5 Å². The van der Waals surface area contributed by atoms with E-state index < -0.39 is 0 Å². The van der Waals surface area contributed by atoms with Crippen molar-refractivity contribution in [2.45, 2.75) is 20.0 Å². The second-order valence-electron chi connectivity index (χ2n) is 3.56. The van der Waals surface area contributed by atoms with E-state index in [0.717, 1.165) is 17.1 Å². The Morgan fingerprint density at radius 1 is 1.31 bits per heavy atom. The average molecular weight is 222 g/mol. The Bertz CT molecular complexity index is 362. The highest BCUT2D eigenvalue weighted by Gasteiger charge is 2.06. The molecule has 0 spiro atoms. The fourth-order valence-electron chi connectivity index (χ4n) is 1.26. The Labute approximate surface area is 96.3 Å². The summed E-state index contributed by atoms with van der Waals surface area (Å²) in [4.78, 5) is 0. The van der Waals surface area contributed by atoms with Crippen LogP contribution in [0, 0.1) is 0 Å². The Hall–Kier alpha value is -1.71. The molecular weight excluding hydrogens is 204 g/mol. The fraction of sp³-hybridized carbons (Fsp3) is 0.417. The van der Waals surface area contributed by atoms with Crippen LogP contribution in [0.4, 0.5) is 0 Å². The van der Waals surface area contributed by atoms with Gasteiger partial charge in [0.15, 0.2) is 11.5 Å². The van der Waals surface area contributed by atoms with Gasteiger partial charge in [0, 0.05) is 7.05 Å². The van der Waals surface area contributed by atoms with Gasteiger partial charge in [0.25, 0.3) is 0 Å². The molecule has 1 aromatic rings. The smallest absolute Gasteiger partial charge is 0.162 e. The van der Waals surface area contributed by atoms with Crippen LogP contribution < -0.4 is 14.9 Å². The lowest BCUT2D eigenvalue weighted by Crippen LogP contribution is -2.07. The van der Waals surface area contributed by atoms with Crippen molar-refractivity contribution in [1.29, 1.82) is 0 Å². The quantitative estimate of drug-likeness (QED) is 0.612. The van der Waals surface area contributed by atoms with Gasteiger partial charge in [0.05, 0.1) is 19.4 Å². The van der Waals surface area contributed by atoms with Gasteiger partial charge in [-0.05, 0) is 37.6 Å². The van der Waals surface area contributed by atoms with E-state index in [0.29, 0.717) is 0 Å². The molecule has 1 N–H and O–H groups in total. The number of hydrogen-bond acceptors (Lipinski definition) is 4. The van der Waals surface area contributed by atoms with Crippen LogP contribution in [-0.4, -0.2) is 26.5 Å². The molecule has 0 aromatic heterocycles. The van der Waals surface area contributed by atoms with Gasteiger partial charge in [-0.15, -0.1) is 0 Å². The van der Waals surface area contributed by atoms with E-state index >= 15 is 0 Å². The minimum atomic E-state index is 0.116. The second kappa shape index (κ2) is 6.00. The zero-order valence-electron chi connectivity index (χ0n) is 10.2. The number of rotatable bonds is 5. The van der Waals surface area contributed by atoms with Gasteiger partial charge in [-0.1, -0.05) is 0 Å². The molecule has 0 aliphatic heterocycles. The van der Waals surface area contributed by atoms with E-state index in [9.17, 15) is 0 Å². The second-order valence-corrected chi connectivity index (χ2v) is 3.56. The Morgan fingerprint density at radius 2 is 2.06 bits per heavy atom. The highest BCUT2D eigenvalue weighted by molar-refractivity contribution is 5.80. The first kappa shape index (κ1) is 12.4. The zero-order valence-corrected chi connectivity index (χ0v) is 10.2. The van der Waals surface area contributed by atoms with Crippen LogP contribution in [-0.2, 0) is 0 Å². The number of ether oxygens (including phenoxy) is 2. The van der Waals surface area contributed by atoms with Crippen molar-refractivity contribution in [3.05, 3.63) is 23.8 Å². The maximum absolute atomic E-state index is 5.65. The molecule has 0 amide bonds. The maximum Gasteiger partial charge on any atom is 0.162 e. The van der Waals surface area contributed by atoms with Gasteiger partial charge in [-0.25, -0.2) is 0 Å². The first-order chi connectivity index (χ1) is 7.67. The van der Waals surface area contributed by atoms with E-state index in [1.54, 1.807) is 20.4 Å². The van der Waals surface area contributed by atoms with Crippen LogP contribution in [0.5, 0.6) is 11.5 Å². The number of nitrogens with one attached hydrogen (secondary N) is 1. The Balaban J connectivity index is 2.96. The monoisotopic (exact) mass is 222 g/mol. The summed E-state index contributed by atoms with van der Waals surface area (Å²) < 4.78 is 10.9. The molecule has 0 saturated carbocycles. The van der Waals surface area contributed by atoms with Gasteiger partial charge in [0.1, 0.15) is 0 Å². The lowest BCUT2D eigenvalue weighted by atomic mass is 10.2. The predicted octanol–water partition coefficient (Wildman–Crippen LogP) is 2.04. The molecule has 4 heteroatoms. The van der Waals surface area contributed by atoms with Crippen LogP contribution in [0.1, 0.15) is 19.4 Å². The van der Waals surface area contributed by atoms with Crippen molar-refractivity contribution in [2.24, 2.45) is 5.10 Å². The van der Waals surface area contributed by atoms with Crippen LogP contribution in [0.25, 0.3) is 0 Å². The molecule has 1 rings (SSSR count). The van der Waals surface area contributed by atoms with Crippen molar-refractivity contribution in [1.82, 2.24) is 5.43 Å². The summed E-state index contributed by atoms with van der Waals surface area (Å²) in [7, 11) is 3.38. The van der Waals surface area contributed by atoms with Gasteiger partial charge in [0.2, 0.25) is 0 Å². The minimum Gasteiger partial charge on any atom is -0.493 e. The molecule has 4 nitrogen and oxygen atoms in total. The molecule has 0 fully saturated rings. The summed E-state index contributed by atoms with van der Waals surface area (Å²) in [6, 6.07) is 5.70. The SMILES string of the molecule is CN/N=C/c1ccc(OC)c(OC(C)C)c1. The number of benzene rings is 1. The first-order valence-electron chi connectivity index (χ1n) is 5.22. The predicted molar refractivity (Wildman–Crippen MR) is 65.4 cm³/mol. The van der Waals surface area contributed by atoms with Gasteiger partial charge in [-0.3, -0.25) is 0 Å². The first-order valence-corrected chi connectivity index (χ1v) is 5.22. The number of hydrazone groups is 1. The van der Waals surface area contributed by atoms with Crippen LogP contribution in [0.3, 0.4) is 0 Å². The molecular formula is C12H18N2O2. The van der Waals surface area contributed by atoms with Crippen molar-refractivity contribution in [2.75, 3.05) is 14.2 Å². The van der Waals surface area contributed by atoms with Gasteiger partial charge in [-0.2, -0.15) is 5.10 Å². The molecule has 0 atom stereocenters. The minimum absolute atomic E-state index is 0.116. The Morgan fingerprint density at radius 3 is 2.62 bits per heavy atom. The van der Waals surface area contributed by atoms with Crippen molar-refractivity contribution >= 4 is 6.21 Å². The average Bonchev–Trinajstić information content (AvgIpc) is 2.26. The molecule has 0 unspecified atom stereocenters. The topological polar surface area (TPSA) is 42.9 Å². The van der Waals surface area contributed by atoms with Crippen LogP contribution in [0.2, 0.25) is 0 Å². The van der Waals surface area contributed by atoms with Crippen LogP contribution >= 0.6 is 0 Å². The highest BCUT2D eigenvalue weighted by Crippen LogP contribution is 2.28. The standard InChI is InChI=1S/C12H18N2O2/c1-9(2)16-12-7-10(8-14-13-3)5-6-11(12)15-4/h5-9,13H,1-4H3/b14-8+. The lowest BCUT2D eigenvalue weighted by molar-refractivity contribution is 0.230. The van der Waals surface area contributed by atoms with E-state index in [1.807, 2.05) is 32.0 Å². The van der Waals surface area contributed by atoms with Gasteiger partial charge < -0.3 is 14.9 Å². The number of hydrogen-bond donors (Lipinski definition) is 1. The van der Waals surface area contributed by atoms with Crippen molar-refractivity contribution < 1.29 is 9.47 Å². The molecule has 0 heterocycles. The highest BCUT2D eigenvalue weighted by atomic mass is 16.5. The third-order valence-electron chi connectivity index (χ3n) is 1.89. The summed E-state index contributed by atoms with van der Waals surface area (Å²) in [5, 5.41) is 3.95. The number of nitrogens with zero attached hydrogens (tertiary/aromatic N) is 1. The summed E-state index contributed by atoms with van der Waals surface area (Å²) in [5.41, 5.74) is 3.67. The maximum atomic E-state index is 5.65. The molecule has 88 valence electrons. The van der Waals surface area contributed by atoms with E-state index in [4.69, 9.17) is 9.47 Å². The lowest BCUT2D eigenvalue weighted by Gasteiger charge is -2.13. The molecule has 0 radical (unpaired) electrons. The fourth-order valence-corrected chi connectivity index (χ4v) is 1.26. The van der Waals surface area contributed by atoms with Crippen molar-refractivity contribution in [3.63, 3.8) is 0 Å².